The van der Waals surface area contributed by atoms with Crippen LogP contribution in [0.3, 0.4) is 0 Å². The number of halogens is 2. The number of pyridine rings is 1. The Morgan fingerprint density at radius 2 is 1.90 bits per heavy atom. The van der Waals surface area contributed by atoms with Crippen LogP contribution in [0.4, 0.5) is 14.6 Å². The third-order valence-corrected chi connectivity index (χ3v) is 3.22. The molecule has 0 fully saturated rings. The number of unbranched alkanes of at least 4 members (excludes halogenated alkanes) is 3. The van der Waals surface area contributed by atoms with Gasteiger partial charge in [-0.3, -0.25) is 0 Å². The molecule has 0 aromatic carbocycles. The molecule has 1 atom stereocenters. The van der Waals surface area contributed by atoms with Crippen LogP contribution in [-0.2, 0) is 0 Å². The van der Waals surface area contributed by atoms with Gasteiger partial charge in [0.25, 0.3) is 5.88 Å². The van der Waals surface area contributed by atoms with E-state index in [0.717, 1.165) is 31.7 Å². The number of hydrogen-bond donors (Lipinski definition) is 1. The van der Waals surface area contributed by atoms with Crippen LogP contribution in [0.2, 0.25) is 0 Å². The van der Waals surface area contributed by atoms with Gasteiger partial charge in [0.2, 0.25) is 0 Å². The van der Waals surface area contributed by atoms with Gasteiger partial charge in [0.1, 0.15) is 0 Å². The Bertz CT molecular complexity index is 427. The minimum Gasteiger partial charge on any atom is -0.473 e. The molecule has 0 amide bonds. The SMILES string of the molecule is CCCCCCC(C)Oc1nc(NCCC)c(F)cc1F. The van der Waals surface area contributed by atoms with Gasteiger partial charge in [-0.2, -0.15) is 4.98 Å². The molecule has 3 nitrogen and oxygen atoms in total. The molecule has 1 aromatic heterocycles. The summed E-state index contributed by atoms with van der Waals surface area (Å²) in [5, 5.41) is 2.83. The highest BCUT2D eigenvalue weighted by molar-refractivity contribution is 5.39. The maximum atomic E-state index is 13.7. The quantitative estimate of drug-likeness (QED) is 0.623. The minimum atomic E-state index is -0.755. The summed E-state index contributed by atoms with van der Waals surface area (Å²) in [4.78, 5) is 3.91. The van der Waals surface area contributed by atoms with Crippen LogP contribution in [0.25, 0.3) is 0 Å². The van der Waals surface area contributed by atoms with Gasteiger partial charge in [0, 0.05) is 12.6 Å². The second-order valence-electron chi connectivity index (χ2n) is 5.31. The van der Waals surface area contributed by atoms with E-state index in [4.69, 9.17) is 4.74 Å². The van der Waals surface area contributed by atoms with Gasteiger partial charge in [-0.15, -0.1) is 0 Å². The third kappa shape index (κ3) is 6.27. The van der Waals surface area contributed by atoms with Crippen molar-refractivity contribution >= 4 is 5.82 Å². The molecule has 1 aromatic rings. The molecule has 0 spiro atoms. The van der Waals surface area contributed by atoms with Crippen molar-refractivity contribution < 1.29 is 13.5 Å². The zero-order valence-corrected chi connectivity index (χ0v) is 13.2. The van der Waals surface area contributed by atoms with Gasteiger partial charge in [-0.05, 0) is 26.2 Å². The molecule has 1 N–H and O–H groups in total. The smallest absolute Gasteiger partial charge is 0.252 e. The normalized spacial score (nSPS) is 12.2. The largest absolute Gasteiger partial charge is 0.473 e. The van der Waals surface area contributed by atoms with Crippen LogP contribution < -0.4 is 10.1 Å². The minimum absolute atomic E-state index is 0.0476. The Labute approximate surface area is 126 Å². The second-order valence-corrected chi connectivity index (χ2v) is 5.31. The lowest BCUT2D eigenvalue weighted by molar-refractivity contribution is 0.188. The molecule has 120 valence electrons. The number of anilines is 1. The fourth-order valence-electron chi connectivity index (χ4n) is 2.01. The molecule has 0 aliphatic heterocycles. The van der Waals surface area contributed by atoms with Crippen LogP contribution in [0, 0.1) is 11.6 Å². The predicted molar refractivity (Wildman–Crippen MR) is 81.8 cm³/mol. The summed E-state index contributed by atoms with van der Waals surface area (Å²) in [6.07, 6.45) is 6.11. The van der Waals surface area contributed by atoms with Crippen molar-refractivity contribution in [2.24, 2.45) is 0 Å². The Hall–Kier alpha value is -1.39. The van der Waals surface area contributed by atoms with Crippen molar-refractivity contribution in [2.75, 3.05) is 11.9 Å². The molecule has 5 heteroatoms. The lowest BCUT2D eigenvalue weighted by atomic mass is 10.1. The van der Waals surface area contributed by atoms with E-state index < -0.39 is 11.6 Å². The van der Waals surface area contributed by atoms with Crippen molar-refractivity contribution in [3.63, 3.8) is 0 Å². The molecule has 0 radical (unpaired) electrons. The van der Waals surface area contributed by atoms with Crippen LogP contribution in [-0.4, -0.2) is 17.6 Å². The maximum absolute atomic E-state index is 13.7. The highest BCUT2D eigenvalue weighted by Gasteiger charge is 2.15. The summed E-state index contributed by atoms with van der Waals surface area (Å²) in [5.74, 6) is -1.52. The Balaban J connectivity index is 2.60. The first kappa shape index (κ1) is 17.7. The predicted octanol–water partition coefficient (Wildman–Crippen LogP) is 4.92. The number of nitrogens with zero attached hydrogens (tertiary/aromatic N) is 1. The molecule has 0 aliphatic carbocycles. The van der Waals surface area contributed by atoms with Crippen molar-refractivity contribution in [3.05, 3.63) is 17.7 Å². The van der Waals surface area contributed by atoms with E-state index in [0.29, 0.717) is 6.54 Å². The average Bonchev–Trinajstić information content (AvgIpc) is 2.45. The van der Waals surface area contributed by atoms with E-state index in [1.807, 2.05) is 13.8 Å². The molecule has 1 unspecified atom stereocenters. The van der Waals surface area contributed by atoms with Gasteiger partial charge in [0.15, 0.2) is 17.5 Å². The molecule has 0 bridgehead atoms. The van der Waals surface area contributed by atoms with Gasteiger partial charge >= 0.3 is 0 Å². The third-order valence-electron chi connectivity index (χ3n) is 3.22. The molecule has 0 aliphatic rings. The Morgan fingerprint density at radius 1 is 1.14 bits per heavy atom. The van der Waals surface area contributed by atoms with Gasteiger partial charge in [-0.25, -0.2) is 8.78 Å². The second kappa shape index (κ2) is 9.53. The first-order chi connectivity index (χ1) is 10.1. The van der Waals surface area contributed by atoms with Crippen LogP contribution in [0.15, 0.2) is 6.07 Å². The first-order valence-electron chi connectivity index (χ1n) is 7.85. The van der Waals surface area contributed by atoms with E-state index in [-0.39, 0.29) is 17.8 Å². The van der Waals surface area contributed by atoms with E-state index >= 15 is 0 Å². The monoisotopic (exact) mass is 300 g/mol. The van der Waals surface area contributed by atoms with Crippen molar-refractivity contribution in [2.45, 2.75) is 65.4 Å². The van der Waals surface area contributed by atoms with Crippen molar-refractivity contribution in [1.82, 2.24) is 4.98 Å². The van der Waals surface area contributed by atoms with Crippen molar-refractivity contribution in [1.29, 1.82) is 0 Å². The number of aromatic nitrogens is 1. The van der Waals surface area contributed by atoms with Gasteiger partial charge in [-0.1, -0.05) is 33.1 Å². The summed E-state index contributed by atoms with van der Waals surface area (Å²) in [6.45, 7) is 6.59. The molecule has 1 rings (SSSR count). The molecular formula is C16H26F2N2O. The standard InChI is InChI=1S/C16H26F2N2O/c1-4-6-7-8-9-12(3)21-16-14(18)11-13(17)15(20-16)19-10-5-2/h11-12H,4-10H2,1-3H3,(H,19,20). The van der Waals surface area contributed by atoms with Gasteiger partial charge < -0.3 is 10.1 Å². The number of rotatable bonds is 10. The number of ether oxygens (including phenoxy) is 1. The lowest BCUT2D eigenvalue weighted by Crippen LogP contribution is -2.15. The van der Waals surface area contributed by atoms with Crippen LogP contribution >= 0.6 is 0 Å². The highest BCUT2D eigenvalue weighted by atomic mass is 19.1. The van der Waals surface area contributed by atoms with E-state index in [2.05, 4.69) is 17.2 Å². The molecule has 1 heterocycles. The zero-order chi connectivity index (χ0) is 15.7. The molecular weight excluding hydrogens is 274 g/mol. The average molecular weight is 300 g/mol. The zero-order valence-electron chi connectivity index (χ0n) is 13.2. The summed E-state index contributed by atoms with van der Waals surface area (Å²) in [5.41, 5.74) is 0. The molecule has 21 heavy (non-hydrogen) atoms. The van der Waals surface area contributed by atoms with E-state index in [1.165, 1.54) is 12.8 Å². The fraction of sp³-hybridized carbons (Fsp3) is 0.688. The topological polar surface area (TPSA) is 34.1 Å². The lowest BCUT2D eigenvalue weighted by Gasteiger charge is -2.15. The Morgan fingerprint density at radius 3 is 2.57 bits per heavy atom. The summed E-state index contributed by atoms with van der Waals surface area (Å²) >= 11 is 0. The van der Waals surface area contributed by atoms with Crippen LogP contribution in [0.5, 0.6) is 5.88 Å². The molecule has 0 saturated heterocycles. The van der Waals surface area contributed by atoms with Crippen molar-refractivity contribution in [3.8, 4) is 5.88 Å². The van der Waals surface area contributed by atoms with E-state index in [9.17, 15) is 8.78 Å². The molecule has 0 saturated carbocycles. The number of nitrogens with one attached hydrogen (secondary N) is 1. The Kier molecular flexibility index (Phi) is 8.01. The van der Waals surface area contributed by atoms with Crippen LogP contribution in [0.1, 0.15) is 59.3 Å². The summed E-state index contributed by atoms with van der Waals surface area (Å²) in [6, 6.07) is 0.824. The summed E-state index contributed by atoms with van der Waals surface area (Å²) < 4.78 is 32.8. The van der Waals surface area contributed by atoms with Gasteiger partial charge in [0.05, 0.1) is 6.10 Å². The summed E-state index contributed by atoms with van der Waals surface area (Å²) in [7, 11) is 0. The fourth-order valence-corrected chi connectivity index (χ4v) is 2.01. The number of hydrogen-bond acceptors (Lipinski definition) is 3. The van der Waals surface area contributed by atoms with E-state index in [1.54, 1.807) is 0 Å². The highest BCUT2D eigenvalue weighted by Crippen LogP contribution is 2.22. The maximum Gasteiger partial charge on any atom is 0.252 e. The first-order valence-corrected chi connectivity index (χ1v) is 7.85.